The van der Waals surface area contributed by atoms with Gasteiger partial charge in [0.25, 0.3) is 0 Å². The molecular weight excluding hydrogens is 276 g/mol. The van der Waals surface area contributed by atoms with E-state index in [1.54, 1.807) is 12.3 Å². The summed E-state index contributed by atoms with van der Waals surface area (Å²) >= 11 is 0. The fraction of sp³-hybridized carbons (Fsp3) is 0.0714. The Morgan fingerprint density at radius 2 is 2.05 bits per heavy atom. The molecule has 0 amide bonds. The topological polar surface area (TPSA) is 66.0 Å². The third-order valence-corrected chi connectivity index (χ3v) is 3.40. The van der Waals surface area contributed by atoms with Crippen molar-refractivity contribution in [3.63, 3.8) is 0 Å². The summed E-state index contributed by atoms with van der Waals surface area (Å²) in [6, 6.07) is 3.07. The lowest BCUT2D eigenvalue weighted by atomic mass is 10.1. The molecule has 7 heteroatoms. The van der Waals surface area contributed by atoms with E-state index in [2.05, 4.69) is 25.3 Å². The Kier molecular flexibility index (Phi) is 2.47. The predicted molar refractivity (Wildman–Crippen MR) is 74.8 cm³/mol. The van der Waals surface area contributed by atoms with E-state index in [1.807, 2.05) is 0 Å². The molecule has 0 fully saturated rings. The maximum Gasteiger partial charge on any atom is 0.153 e. The molecule has 0 saturated heterocycles. The van der Waals surface area contributed by atoms with Gasteiger partial charge in [-0.25, -0.2) is 18.7 Å². The van der Waals surface area contributed by atoms with Crippen LogP contribution >= 0.6 is 0 Å². The molecule has 0 radical (unpaired) electrons. The summed E-state index contributed by atoms with van der Waals surface area (Å²) in [5, 5.41) is 3.02. The summed E-state index contributed by atoms with van der Waals surface area (Å²) in [5.41, 5.74) is 2.26. The Morgan fingerprint density at radius 1 is 1.14 bits per heavy atom. The number of hydrogen-bond acceptors (Lipinski definition) is 4. The minimum Gasteiger partial charge on any atom is -0.343 e. The molecule has 2 aromatic heterocycles. The summed E-state index contributed by atoms with van der Waals surface area (Å²) < 4.78 is 27.9. The summed E-state index contributed by atoms with van der Waals surface area (Å²) in [6.45, 7) is 0.483. The number of hydrogen-bond donors (Lipinski definition) is 2. The lowest BCUT2D eigenvalue weighted by Crippen LogP contribution is -2.00. The third kappa shape index (κ3) is 1.85. The number of H-pyrrole nitrogens is 1. The van der Waals surface area contributed by atoms with Crippen LogP contribution in [-0.2, 0) is 6.54 Å². The van der Waals surface area contributed by atoms with Crippen LogP contribution in [0.5, 0.6) is 0 Å². The van der Waals surface area contributed by atoms with E-state index in [0.29, 0.717) is 12.2 Å². The Balaban J connectivity index is 1.82. The van der Waals surface area contributed by atoms with Crippen molar-refractivity contribution in [1.29, 1.82) is 0 Å². The van der Waals surface area contributed by atoms with Crippen LogP contribution in [0.15, 0.2) is 29.6 Å². The number of nitrogens with one attached hydrogen (secondary N) is 2. The SMILES string of the molecule is Fc1cc2c(cc1Nc1ncnc3[nH]cc(F)c13)C=NC2. The van der Waals surface area contributed by atoms with E-state index in [-0.39, 0.29) is 16.9 Å². The van der Waals surface area contributed by atoms with Gasteiger partial charge in [0.1, 0.15) is 23.6 Å². The van der Waals surface area contributed by atoms with Crippen molar-refractivity contribution < 1.29 is 8.78 Å². The molecule has 0 atom stereocenters. The summed E-state index contributed by atoms with van der Waals surface area (Å²) in [4.78, 5) is 14.7. The van der Waals surface area contributed by atoms with Crippen molar-refractivity contribution in [3.8, 4) is 0 Å². The molecule has 0 bridgehead atoms. The molecule has 1 aliphatic rings. The molecular formula is C14H9F2N5. The van der Waals surface area contributed by atoms with Gasteiger partial charge >= 0.3 is 0 Å². The van der Waals surface area contributed by atoms with E-state index >= 15 is 0 Å². The van der Waals surface area contributed by atoms with E-state index < -0.39 is 11.6 Å². The van der Waals surface area contributed by atoms with Gasteiger partial charge in [0.15, 0.2) is 5.82 Å². The number of anilines is 2. The molecule has 3 heterocycles. The predicted octanol–water partition coefficient (Wildman–Crippen LogP) is 2.91. The summed E-state index contributed by atoms with van der Waals surface area (Å²) in [5.74, 6) is -0.703. The fourth-order valence-corrected chi connectivity index (χ4v) is 2.37. The maximum atomic E-state index is 14.1. The molecule has 0 aliphatic carbocycles. The number of aromatic nitrogens is 3. The molecule has 2 N–H and O–H groups in total. The van der Waals surface area contributed by atoms with E-state index in [4.69, 9.17) is 0 Å². The number of rotatable bonds is 2. The Labute approximate surface area is 117 Å². The van der Waals surface area contributed by atoms with Gasteiger partial charge in [-0.15, -0.1) is 0 Å². The molecule has 1 aromatic carbocycles. The Bertz CT molecular complexity index is 884. The zero-order chi connectivity index (χ0) is 14.4. The first-order valence-electron chi connectivity index (χ1n) is 6.29. The second-order valence-electron chi connectivity index (χ2n) is 4.71. The van der Waals surface area contributed by atoms with Crippen LogP contribution < -0.4 is 5.32 Å². The van der Waals surface area contributed by atoms with Crippen LogP contribution in [0.25, 0.3) is 11.0 Å². The fourth-order valence-electron chi connectivity index (χ4n) is 2.37. The lowest BCUT2D eigenvalue weighted by Gasteiger charge is -2.09. The van der Waals surface area contributed by atoms with Crippen LogP contribution in [0.1, 0.15) is 11.1 Å². The van der Waals surface area contributed by atoms with E-state index in [9.17, 15) is 8.78 Å². The first-order valence-corrected chi connectivity index (χ1v) is 6.29. The second kappa shape index (κ2) is 4.34. The zero-order valence-electron chi connectivity index (χ0n) is 10.7. The number of benzene rings is 1. The molecule has 0 saturated carbocycles. The maximum absolute atomic E-state index is 14.1. The van der Waals surface area contributed by atoms with Crippen molar-refractivity contribution in [2.45, 2.75) is 6.54 Å². The van der Waals surface area contributed by atoms with Crippen molar-refractivity contribution >= 4 is 28.8 Å². The average Bonchev–Trinajstić information content (AvgIpc) is 3.07. The van der Waals surface area contributed by atoms with Gasteiger partial charge in [-0.1, -0.05) is 0 Å². The molecule has 0 unspecified atom stereocenters. The molecule has 0 spiro atoms. The first-order chi connectivity index (χ1) is 10.2. The van der Waals surface area contributed by atoms with Gasteiger partial charge in [-0.3, -0.25) is 4.99 Å². The molecule has 5 nitrogen and oxygen atoms in total. The monoisotopic (exact) mass is 285 g/mol. The first kappa shape index (κ1) is 12.0. The number of aromatic amines is 1. The molecule has 21 heavy (non-hydrogen) atoms. The highest BCUT2D eigenvalue weighted by Crippen LogP contribution is 2.28. The normalized spacial score (nSPS) is 12.9. The Morgan fingerprint density at radius 3 is 2.95 bits per heavy atom. The third-order valence-electron chi connectivity index (χ3n) is 3.40. The van der Waals surface area contributed by atoms with Gasteiger partial charge < -0.3 is 10.3 Å². The van der Waals surface area contributed by atoms with Gasteiger partial charge in [0, 0.05) is 12.4 Å². The highest BCUT2D eigenvalue weighted by molar-refractivity contribution is 5.91. The van der Waals surface area contributed by atoms with Gasteiger partial charge in [0.05, 0.1) is 17.6 Å². The molecule has 4 rings (SSSR count). The largest absolute Gasteiger partial charge is 0.343 e. The smallest absolute Gasteiger partial charge is 0.153 e. The second-order valence-corrected chi connectivity index (χ2v) is 4.71. The van der Waals surface area contributed by atoms with Gasteiger partial charge in [-0.2, -0.15) is 0 Å². The quantitative estimate of drug-likeness (QED) is 0.760. The number of halogens is 2. The molecule has 1 aliphatic heterocycles. The van der Waals surface area contributed by atoms with Crippen LogP contribution in [0.4, 0.5) is 20.3 Å². The number of aliphatic imine (C=N–C) groups is 1. The van der Waals surface area contributed by atoms with Crippen molar-refractivity contribution in [3.05, 3.63) is 47.4 Å². The van der Waals surface area contributed by atoms with Crippen molar-refractivity contribution in [2.75, 3.05) is 5.32 Å². The van der Waals surface area contributed by atoms with Gasteiger partial charge in [0.2, 0.25) is 0 Å². The van der Waals surface area contributed by atoms with Crippen LogP contribution in [0, 0.1) is 11.6 Å². The van der Waals surface area contributed by atoms with Crippen molar-refractivity contribution in [1.82, 2.24) is 15.0 Å². The molecule has 104 valence electrons. The standard InChI is InChI=1S/C14H9F2N5/c15-9-1-7-3-17-4-8(7)2-11(9)21-14-12-10(16)5-18-13(12)19-6-20-14/h1-2,4-6H,3H2,(H2,18,19,20,21). The zero-order valence-corrected chi connectivity index (χ0v) is 10.7. The minimum absolute atomic E-state index is 0.200. The molecule has 3 aromatic rings. The van der Waals surface area contributed by atoms with Gasteiger partial charge in [-0.05, 0) is 23.3 Å². The average molecular weight is 285 g/mol. The summed E-state index contributed by atoms with van der Waals surface area (Å²) in [6.07, 6.45) is 4.16. The number of nitrogens with zero attached hydrogens (tertiary/aromatic N) is 3. The van der Waals surface area contributed by atoms with E-state index in [0.717, 1.165) is 11.1 Å². The summed E-state index contributed by atoms with van der Waals surface area (Å²) in [7, 11) is 0. The lowest BCUT2D eigenvalue weighted by molar-refractivity contribution is 0.629. The van der Waals surface area contributed by atoms with Crippen LogP contribution in [-0.4, -0.2) is 21.2 Å². The highest BCUT2D eigenvalue weighted by Gasteiger charge is 2.15. The van der Waals surface area contributed by atoms with Crippen LogP contribution in [0.2, 0.25) is 0 Å². The number of fused-ring (bicyclic) bond motifs is 2. The Hall–Kier alpha value is -2.83. The highest BCUT2D eigenvalue weighted by atomic mass is 19.1. The minimum atomic E-state index is -0.490. The van der Waals surface area contributed by atoms with Crippen molar-refractivity contribution in [2.24, 2.45) is 4.99 Å². The van der Waals surface area contributed by atoms with E-state index in [1.165, 1.54) is 18.6 Å². The van der Waals surface area contributed by atoms with Crippen LogP contribution in [0.3, 0.4) is 0 Å².